The molecule has 2 aromatic carbocycles. The van der Waals surface area contributed by atoms with E-state index in [1.54, 1.807) is 18.2 Å². The van der Waals surface area contributed by atoms with E-state index in [-0.39, 0.29) is 5.82 Å². The average Bonchev–Trinajstić information content (AvgIpc) is 2.38. The summed E-state index contributed by atoms with van der Waals surface area (Å²) in [5.41, 5.74) is 6.01. The summed E-state index contributed by atoms with van der Waals surface area (Å²) < 4.78 is 14.0. The molecule has 100 valence electrons. The van der Waals surface area contributed by atoms with Crippen LogP contribution in [0.4, 0.5) is 4.39 Å². The van der Waals surface area contributed by atoms with Gasteiger partial charge in [-0.1, -0.05) is 41.4 Å². The van der Waals surface area contributed by atoms with E-state index < -0.39 is 6.04 Å². The van der Waals surface area contributed by atoms with Crippen LogP contribution in [0.1, 0.15) is 28.3 Å². The van der Waals surface area contributed by atoms with E-state index in [2.05, 4.69) is 5.43 Å². The van der Waals surface area contributed by atoms with Crippen LogP contribution in [-0.2, 0) is 0 Å². The lowest BCUT2D eigenvalue weighted by Crippen LogP contribution is -2.29. The smallest absolute Gasteiger partial charge is 0.128 e. The third-order valence-corrected chi connectivity index (χ3v) is 3.57. The second-order valence-electron chi connectivity index (χ2n) is 4.63. The SMILES string of the molecule is Cc1ccc(F)c(C(NN)c2ccc(Cl)c(C)c2)c1. The van der Waals surface area contributed by atoms with Gasteiger partial charge in [0.25, 0.3) is 0 Å². The number of halogens is 2. The molecule has 0 bridgehead atoms. The molecule has 0 aliphatic carbocycles. The fourth-order valence-electron chi connectivity index (χ4n) is 2.10. The summed E-state index contributed by atoms with van der Waals surface area (Å²) in [5, 5.41) is 0.684. The van der Waals surface area contributed by atoms with Crippen molar-refractivity contribution in [1.29, 1.82) is 0 Å². The first kappa shape index (κ1) is 14.0. The summed E-state index contributed by atoms with van der Waals surface area (Å²) in [6.45, 7) is 3.83. The molecule has 0 saturated carbocycles. The van der Waals surface area contributed by atoms with Gasteiger partial charge in [0.2, 0.25) is 0 Å². The Kier molecular flexibility index (Phi) is 4.20. The van der Waals surface area contributed by atoms with Gasteiger partial charge >= 0.3 is 0 Å². The third kappa shape index (κ3) is 2.95. The fourth-order valence-corrected chi connectivity index (χ4v) is 2.21. The summed E-state index contributed by atoms with van der Waals surface area (Å²) in [6, 6.07) is 10.2. The Morgan fingerprint density at radius 2 is 1.89 bits per heavy atom. The maximum absolute atomic E-state index is 14.0. The lowest BCUT2D eigenvalue weighted by Gasteiger charge is -2.19. The van der Waals surface area contributed by atoms with Crippen molar-refractivity contribution in [3.8, 4) is 0 Å². The summed E-state index contributed by atoms with van der Waals surface area (Å²) in [7, 11) is 0. The second kappa shape index (κ2) is 5.70. The monoisotopic (exact) mass is 278 g/mol. The first-order chi connectivity index (χ1) is 9.02. The molecular formula is C15H16ClFN2. The third-order valence-electron chi connectivity index (χ3n) is 3.14. The highest BCUT2D eigenvalue weighted by Crippen LogP contribution is 2.27. The van der Waals surface area contributed by atoms with Gasteiger partial charge in [-0.25, -0.2) is 9.82 Å². The Balaban J connectivity index is 2.49. The number of hydrogen-bond donors (Lipinski definition) is 2. The second-order valence-corrected chi connectivity index (χ2v) is 5.04. The van der Waals surface area contributed by atoms with Gasteiger partial charge in [0.15, 0.2) is 0 Å². The van der Waals surface area contributed by atoms with Crippen molar-refractivity contribution < 1.29 is 4.39 Å². The van der Waals surface area contributed by atoms with Gasteiger partial charge in [-0.2, -0.15) is 0 Å². The Morgan fingerprint density at radius 3 is 2.53 bits per heavy atom. The van der Waals surface area contributed by atoms with Crippen LogP contribution in [-0.4, -0.2) is 0 Å². The zero-order valence-electron chi connectivity index (χ0n) is 10.9. The maximum Gasteiger partial charge on any atom is 0.128 e. The highest BCUT2D eigenvalue weighted by molar-refractivity contribution is 6.31. The standard InChI is InChI=1S/C15H16ClFN2/c1-9-3-6-14(17)12(7-9)15(19-18)11-4-5-13(16)10(2)8-11/h3-8,15,19H,18H2,1-2H3. The molecule has 0 heterocycles. The molecule has 0 radical (unpaired) electrons. The van der Waals surface area contributed by atoms with Crippen LogP contribution in [0.25, 0.3) is 0 Å². The van der Waals surface area contributed by atoms with Crippen LogP contribution in [0.5, 0.6) is 0 Å². The van der Waals surface area contributed by atoms with Crippen LogP contribution in [0.2, 0.25) is 5.02 Å². The molecule has 2 aromatic rings. The molecule has 19 heavy (non-hydrogen) atoms. The zero-order valence-corrected chi connectivity index (χ0v) is 11.6. The first-order valence-electron chi connectivity index (χ1n) is 6.01. The zero-order chi connectivity index (χ0) is 14.0. The molecule has 0 aromatic heterocycles. The van der Waals surface area contributed by atoms with Crippen LogP contribution in [0.3, 0.4) is 0 Å². The van der Waals surface area contributed by atoms with E-state index in [9.17, 15) is 4.39 Å². The molecule has 2 nitrogen and oxygen atoms in total. The number of rotatable bonds is 3. The minimum atomic E-state index is -0.393. The van der Waals surface area contributed by atoms with Crippen LogP contribution in [0, 0.1) is 19.7 Å². The molecule has 0 saturated heterocycles. The molecular weight excluding hydrogens is 263 g/mol. The van der Waals surface area contributed by atoms with Gasteiger partial charge < -0.3 is 0 Å². The van der Waals surface area contributed by atoms with Gasteiger partial charge in [0, 0.05) is 10.6 Å². The van der Waals surface area contributed by atoms with E-state index in [1.165, 1.54) is 6.07 Å². The minimum Gasteiger partial charge on any atom is -0.271 e. The van der Waals surface area contributed by atoms with Crippen molar-refractivity contribution in [2.45, 2.75) is 19.9 Å². The van der Waals surface area contributed by atoms with E-state index in [4.69, 9.17) is 17.4 Å². The first-order valence-corrected chi connectivity index (χ1v) is 6.39. The highest BCUT2D eigenvalue weighted by Gasteiger charge is 2.17. The topological polar surface area (TPSA) is 38.0 Å². The Labute approximate surface area is 117 Å². The van der Waals surface area contributed by atoms with Crippen molar-refractivity contribution in [2.75, 3.05) is 0 Å². The molecule has 2 rings (SSSR count). The predicted molar refractivity (Wildman–Crippen MR) is 76.5 cm³/mol. The lowest BCUT2D eigenvalue weighted by atomic mass is 9.96. The van der Waals surface area contributed by atoms with Crippen molar-refractivity contribution in [1.82, 2.24) is 5.43 Å². The number of hydrazine groups is 1. The summed E-state index contributed by atoms with van der Waals surface area (Å²) in [6.07, 6.45) is 0. The lowest BCUT2D eigenvalue weighted by molar-refractivity contribution is 0.559. The molecule has 0 spiro atoms. The Hall–Kier alpha value is -1.42. The van der Waals surface area contributed by atoms with Crippen molar-refractivity contribution in [2.24, 2.45) is 5.84 Å². The van der Waals surface area contributed by atoms with Gasteiger partial charge in [0.1, 0.15) is 5.82 Å². The molecule has 0 amide bonds. The van der Waals surface area contributed by atoms with Crippen LogP contribution >= 0.6 is 11.6 Å². The Bertz CT molecular complexity index is 599. The number of nitrogens with one attached hydrogen (secondary N) is 1. The fraction of sp³-hybridized carbons (Fsp3) is 0.200. The van der Waals surface area contributed by atoms with Gasteiger partial charge in [0.05, 0.1) is 6.04 Å². The maximum atomic E-state index is 14.0. The van der Waals surface area contributed by atoms with Crippen LogP contribution in [0.15, 0.2) is 36.4 Å². The molecule has 0 aliphatic rings. The van der Waals surface area contributed by atoms with Crippen molar-refractivity contribution in [3.05, 3.63) is 69.5 Å². The van der Waals surface area contributed by atoms with Crippen molar-refractivity contribution >= 4 is 11.6 Å². The molecule has 3 N–H and O–H groups in total. The number of nitrogens with two attached hydrogens (primary N) is 1. The Morgan fingerprint density at radius 1 is 1.16 bits per heavy atom. The van der Waals surface area contributed by atoms with Gasteiger partial charge in [-0.3, -0.25) is 5.84 Å². The normalized spacial score (nSPS) is 12.5. The minimum absolute atomic E-state index is 0.277. The number of benzene rings is 2. The largest absolute Gasteiger partial charge is 0.271 e. The highest BCUT2D eigenvalue weighted by atomic mass is 35.5. The summed E-state index contributed by atoms with van der Waals surface area (Å²) in [4.78, 5) is 0. The summed E-state index contributed by atoms with van der Waals surface area (Å²) in [5.74, 6) is 5.32. The molecule has 4 heteroatoms. The molecule has 0 aliphatic heterocycles. The predicted octanol–water partition coefficient (Wildman–Crippen LogP) is 3.65. The van der Waals surface area contributed by atoms with E-state index in [0.29, 0.717) is 10.6 Å². The molecule has 0 fully saturated rings. The number of aryl methyl sites for hydroxylation is 2. The van der Waals surface area contributed by atoms with E-state index >= 15 is 0 Å². The van der Waals surface area contributed by atoms with E-state index in [1.807, 2.05) is 26.0 Å². The summed E-state index contributed by atoms with van der Waals surface area (Å²) >= 11 is 6.01. The van der Waals surface area contributed by atoms with Crippen molar-refractivity contribution in [3.63, 3.8) is 0 Å². The quantitative estimate of drug-likeness (QED) is 0.664. The molecule has 1 unspecified atom stereocenters. The number of hydrogen-bond acceptors (Lipinski definition) is 2. The van der Waals surface area contributed by atoms with Crippen LogP contribution < -0.4 is 11.3 Å². The molecule has 1 atom stereocenters. The van der Waals surface area contributed by atoms with E-state index in [0.717, 1.165) is 16.7 Å². The average molecular weight is 279 g/mol. The van der Waals surface area contributed by atoms with Gasteiger partial charge in [-0.15, -0.1) is 0 Å². The van der Waals surface area contributed by atoms with Gasteiger partial charge in [-0.05, 0) is 37.1 Å².